The number of rotatable bonds is 3. The number of hydrogen-bond donors (Lipinski definition) is 2. The highest BCUT2D eigenvalue weighted by Gasteiger charge is 2.35. The van der Waals surface area contributed by atoms with Gasteiger partial charge in [-0.3, -0.25) is 0 Å². The summed E-state index contributed by atoms with van der Waals surface area (Å²) in [6.45, 7) is 2.29. The minimum atomic E-state index is 0.248. The fraction of sp³-hybridized carbons (Fsp3) is 0.800. The number of hydrogen-bond acceptors (Lipinski definition) is 2. The Hall–Kier alpha value is -0.340. The van der Waals surface area contributed by atoms with Gasteiger partial charge in [0.1, 0.15) is 0 Å². The molecule has 2 rings (SSSR count). The zero-order valence-corrected chi connectivity index (χ0v) is 7.53. The summed E-state index contributed by atoms with van der Waals surface area (Å²) in [5.74, 6) is 1.56. The summed E-state index contributed by atoms with van der Waals surface area (Å²) >= 11 is 0. The van der Waals surface area contributed by atoms with E-state index in [1.807, 2.05) is 6.92 Å². The van der Waals surface area contributed by atoms with E-state index in [0.29, 0.717) is 6.04 Å². The van der Waals surface area contributed by atoms with Crippen LogP contribution >= 0.6 is 0 Å². The quantitative estimate of drug-likeness (QED) is 0.613. The number of aliphatic hydroxyl groups excluding tert-OH is 1. The molecule has 1 unspecified atom stereocenters. The molecule has 2 aliphatic rings. The van der Waals surface area contributed by atoms with E-state index >= 15 is 0 Å². The van der Waals surface area contributed by atoms with Gasteiger partial charge in [-0.15, -0.1) is 0 Å². The molecule has 2 nitrogen and oxygen atoms in total. The van der Waals surface area contributed by atoms with E-state index in [-0.39, 0.29) is 12.6 Å². The molecule has 2 bridgehead atoms. The Morgan fingerprint density at radius 3 is 2.83 bits per heavy atom. The zero-order valence-electron chi connectivity index (χ0n) is 7.53. The van der Waals surface area contributed by atoms with Crippen molar-refractivity contribution in [2.75, 3.05) is 6.61 Å². The Morgan fingerprint density at radius 1 is 1.50 bits per heavy atom. The second kappa shape index (κ2) is 3.19. The van der Waals surface area contributed by atoms with Gasteiger partial charge in [0.2, 0.25) is 0 Å². The fourth-order valence-corrected chi connectivity index (χ4v) is 2.39. The molecule has 4 atom stereocenters. The Labute approximate surface area is 73.7 Å². The molecule has 2 heteroatoms. The Bertz CT molecular complexity index is 190. The van der Waals surface area contributed by atoms with Crippen LogP contribution in [0, 0.1) is 11.8 Å². The molecule has 0 saturated heterocycles. The van der Waals surface area contributed by atoms with Crippen LogP contribution in [0.3, 0.4) is 0 Å². The Balaban J connectivity index is 1.87. The third-order valence-corrected chi connectivity index (χ3v) is 3.05. The highest BCUT2D eigenvalue weighted by atomic mass is 16.3. The number of allylic oxidation sites excluding steroid dienone is 1. The largest absolute Gasteiger partial charge is 0.395 e. The Kier molecular flexibility index (Phi) is 2.20. The Morgan fingerprint density at radius 2 is 2.33 bits per heavy atom. The predicted octanol–water partition coefficient (Wildman–Crippen LogP) is 0.921. The van der Waals surface area contributed by atoms with Gasteiger partial charge in [0.05, 0.1) is 6.61 Å². The van der Waals surface area contributed by atoms with E-state index in [1.54, 1.807) is 0 Å². The van der Waals surface area contributed by atoms with Crippen LogP contribution in [0.2, 0.25) is 0 Å². The molecule has 0 aliphatic heterocycles. The lowest BCUT2D eigenvalue weighted by atomic mass is 10.0. The molecule has 0 aromatic heterocycles. The first-order valence-electron chi connectivity index (χ1n) is 4.85. The van der Waals surface area contributed by atoms with Crippen LogP contribution in [0.15, 0.2) is 12.2 Å². The standard InChI is InChI=1S/C10H17NO/c1-7(6-12)11-10-5-8-2-3-9(10)4-8/h2-3,7-12H,4-6H2,1H3/t7-,8+,9-,10?/m0/s1. The minimum absolute atomic E-state index is 0.248. The summed E-state index contributed by atoms with van der Waals surface area (Å²) in [5, 5.41) is 12.3. The number of nitrogens with one attached hydrogen (secondary N) is 1. The third kappa shape index (κ3) is 1.41. The highest BCUT2D eigenvalue weighted by molar-refractivity contribution is 5.12. The van der Waals surface area contributed by atoms with Crippen LogP contribution < -0.4 is 5.32 Å². The van der Waals surface area contributed by atoms with Crippen LogP contribution in [0.5, 0.6) is 0 Å². The van der Waals surface area contributed by atoms with E-state index in [2.05, 4.69) is 17.5 Å². The van der Waals surface area contributed by atoms with Gasteiger partial charge < -0.3 is 10.4 Å². The van der Waals surface area contributed by atoms with Crippen molar-refractivity contribution in [1.29, 1.82) is 0 Å². The molecule has 1 fully saturated rings. The number of aliphatic hydroxyl groups is 1. The molecule has 0 spiro atoms. The smallest absolute Gasteiger partial charge is 0.0582 e. The SMILES string of the molecule is C[C@@H](CO)NC1C[C@@H]2C=C[C@H]1C2. The van der Waals surface area contributed by atoms with Crippen LogP contribution in [0.4, 0.5) is 0 Å². The number of fused-ring (bicyclic) bond motifs is 2. The van der Waals surface area contributed by atoms with Crippen molar-refractivity contribution >= 4 is 0 Å². The predicted molar refractivity (Wildman–Crippen MR) is 48.8 cm³/mol. The third-order valence-electron chi connectivity index (χ3n) is 3.05. The van der Waals surface area contributed by atoms with Gasteiger partial charge in [0, 0.05) is 12.1 Å². The molecule has 0 aromatic rings. The topological polar surface area (TPSA) is 32.3 Å². The zero-order chi connectivity index (χ0) is 8.55. The molecule has 2 N–H and O–H groups in total. The normalized spacial score (nSPS) is 40.7. The van der Waals surface area contributed by atoms with Gasteiger partial charge >= 0.3 is 0 Å². The summed E-state index contributed by atoms with van der Waals surface area (Å²) < 4.78 is 0. The molecular weight excluding hydrogens is 150 g/mol. The van der Waals surface area contributed by atoms with Gasteiger partial charge in [-0.2, -0.15) is 0 Å². The first kappa shape index (κ1) is 8.27. The van der Waals surface area contributed by atoms with Crippen molar-refractivity contribution in [3.8, 4) is 0 Å². The van der Waals surface area contributed by atoms with Gasteiger partial charge in [-0.25, -0.2) is 0 Å². The molecular formula is C10H17NO. The van der Waals surface area contributed by atoms with E-state index < -0.39 is 0 Å². The van der Waals surface area contributed by atoms with Crippen molar-refractivity contribution in [2.24, 2.45) is 11.8 Å². The molecule has 1 saturated carbocycles. The minimum Gasteiger partial charge on any atom is -0.395 e. The molecule has 0 radical (unpaired) electrons. The summed E-state index contributed by atoms with van der Waals surface area (Å²) in [6, 6.07) is 0.880. The van der Waals surface area contributed by atoms with Gasteiger partial charge in [-0.1, -0.05) is 12.2 Å². The molecule has 68 valence electrons. The highest BCUT2D eigenvalue weighted by Crippen LogP contribution is 2.38. The lowest BCUT2D eigenvalue weighted by Crippen LogP contribution is -2.40. The van der Waals surface area contributed by atoms with Crippen LogP contribution in [-0.4, -0.2) is 23.8 Å². The van der Waals surface area contributed by atoms with Crippen LogP contribution in [-0.2, 0) is 0 Å². The monoisotopic (exact) mass is 167 g/mol. The molecule has 12 heavy (non-hydrogen) atoms. The van der Waals surface area contributed by atoms with E-state index in [1.165, 1.54) is 12.8 Å². The second-order valence-corrected chi connectivity index (χ2v) is 4.14. The molecule has 0 amide bonds. The fourth-order valence-electron chi connectivity index (χ4n) is 2.39. The molecule has 2 aliphatic carbocycles. The first-order chi connectivity index (χ1) is 5.79. The van der Waals surface area contributed by atoms with E-state index in [4.69, 9.17) is 5.11 Å². The summed E-state index contributed by atoms with van der Waals surface area (Å²) in [6.07, 6.45) is 7.27. The van der Waals surface area contributed by atoms with Crippen molar-refractivity contribution in [1.82, 2.24) is 5.32 Å². The summed E-state index contributed by atoms with van der Waals surface area (Å²) in [7, 11) is 0. The lowest BCUT2D eigenvalue weighted by molar-refractivity contribution is 0.234. The van der Waals surface area contributed by atoms with E-state index in [9.17, 15) is 0 Å². The van der Waals surface area contributed by atoms with Gasteiger partial charge in [-0.05, 0) is 31.6 Å². The molecule has 0 heterocycles. The first-order valence-corrected chi connectivity index (χ1v) is 4.85. The van der Waals surface area contributed by atoms with Crippen molar-refractivity contribution < 1.29 is 5.11 Å². The van der Waals surface area contributed by atoms with Crippen molar-refractivity contribution in [2.45, 2.75) is 31.8 Å². The second-order valence-electron chi connectivity index (χ2n) is 4.14. The maximum atomic E-state index is 8.88. The van der Waals surface area contributed by atoms with Crippen LogP contribution in [0.25, 0.3) is 0 Å². The molecule has 0 aromatic carbocycles. The summed E-state index contributed by atoms with van der Waals surface area (Å²) in [4.78, 5) is 0. The maximum Gasteiger partial charge on any atom is 0.0582 e. The lowest BCUT2D eigenvalue weighted by Gasteiger charge is -2.23. The van der Waals surface area contributed by atoms with Crippen LogP contribution in [0.1, 0.15) is 19.8 Å². The van der Waals surface area contributed by atoms with E-state index in [0.717, 1.165) is 11.8 Å². The summed E-state index contributed by atoms with van der Waals surface area (Å²) in [5.41, 5.74) is 0. The average Bonchev–Trinajstić information content (AvgIpc) is 2.64. The van der Waals surface area contributed by atoms with Gasteiger partial charge in [0.25, 0.3) is 0 Å². The van der Waals surface area contributed by atoms with Gasteiger partial charge in [0.15, 0.2) is 0 Å². The maximum absolute atomic E-state index is 8.88. The average molecular weight is 167 g/mol. The van der Waals surface area contributed by atoms with Crippen molar-refractivity contribution in [3.63, 3.8) is 0 Å². The van der Waals surface area contributed by atoms with Crippen molar-refractivity contribution in [3.05, 3.63) is 12.2 Å².